The Morgan fingerprint density at radius 3 is 1.88 bits per heavy atom. The maximum atomic E-state index is 2.39. The number of aryl methyl sites for hydroxylation is 1. The van der Waals surface area contributed by atoms with E-state index in [1.807, 2.05) is 0 Å². The van der Waals surface area contributed by atoms with Gasteiger partial charge in [-0.25, -0.2) is 0 Å². The molecule has 0 nitrogen and oxygen atoms in total. The van der Waals surface area contributed by atoms with E-state index in [4.69, 9.17) is 0 Å². The van der Waals surface area contributed by atoms with Crippen LogP contribution in [0.5, 0.6) is 0 Å². The molecule has 0 heterocycles. The second-order valence-corrected chi connectivity index (χ2v) is 9.48. The van der Waals surface area contributed by atoms with Gasteiger partial charge in [-0.3, -0.25) is 0 Å². The third-order valence-electron chi connectivity index (χ3n) is 7.25. The summed E-state index contributed by atoms with van der Waals surface area (Å²) in [6.07, 6.45) is 0. The lowest BCUT2D eigenvalue weighted by Gasteiger charge is -2.22. The van der Waals surface area contributed by atoms with E-state index < -0.39 is 0 Å². The van der Waals surface area contributed by atoms with Crippen molar-refractivity contribution in [1.82, 2.24) is 0 Å². The molecule has 6 rings (SSSR count). The van der Waals surface area contributed by atoms with Crippen molar-refractivity contribution >= 4 is 10.8 Å². The SMILES string of the molecule is Cc1ccc(-c2ccc(-c3ccc4c(c3)C(C)(C)c3ccccc3-4)cc2)c2ccccc12. The summed E-state index contributed by atoms with van der Waals surface area (Å²) < 4.78 is 0. The highest BCUT2D eigenvalue weighted by molar-refractivity contribution is 5.98. The summed E-state index contributed by atoms with van der Waals surface area (Å²) in [5.74, 6) is 0. The zero-order valence-corrected chi connectivity index (χ0v) is 18.8. The summed E-state index contributed by atoms with van der Waals surface area (Å²) in [5.41, 5.74) is 12.0. The lowest BCUT2D eigenvalue weighted by atomic mass is 9.81. The first-order chi connectivity index (χ1) is 15.5. The van der Waals surface area contributed by atoms with Crippen molar-refractivity contribution in [3.8, 4) is 33.4 Å². The molecule has 5 aromatic carbocycles. The van der Waals surface area contributed by atoms with Gasteiger partial charge in [-0.1, -0.05) is 111 Å². The summed E-state index contributed by atoms with van der Waals surface area (Å²) in [6, 6.07) is 38.0. The molecule has 0 saturated carbocycles. The van der Waals surface area contributed by atoms with Crippen molar-refractivity contribution in [3.05, 3.63) is 120 Å². The first-order valence-electron chi connectivity index (χ1n) is 11.4. The average molecular weight is 411 g/mol. The Bertz CT molecular complexity index is 1480. The van der Waals surface area contributed by atoms with Crippen molar-refractivity contribution < 1.29 is 0 Å². The molecule has 5 aromatic rings. The van der Waals surface area contributed by atoms with Gasteiger partial charge in [-0.05, 0) is 73.8 Å². The zero-order chi connectivity index (χ0) is 21.9. The smallest absolute Gasteiger partial charge is 0.0159 e. The van der Waals surface area contributed by atoms with Gasteiger partial charge in [-0.15, -0.1) is 0 Å². The standard InChI is InChI=1S/C32H26/c1-21-12-18-26(27-9-5-4-8-25(21)27)23-15-13-22(14-16-23)24-17-19-29-28-10-6-7-11-30(28)32(2,3)31(29)20-24/h4-20H,1-3H3. The summed E-state index contributed by atoms with van der Waals surface area (Å²) in [7, 11) is 0. The Balaban J connectivity index is 1.41. The molecule has 0 aliphatic heterocycles. The molecule has 0 aromatic heterocycles. The quantitative estimate of drug-likeness (QED) is 0.273. The van der Waals surface area contributed by atoms with E-state index in [-0.39, 0.29) is 5.41 Å². The highest BCUT2D eigenvalue weighted by Gasteiger charge is 2.35. The van der Waals surface area contributed by atoms with Crippen molar-refractivity contribution in [1.29, 1.82) is 0 Å². The van der Waals surface area contributed by atoms with E-state index in [1.165, 1.54) is 60.8 Å². The predicted molar refractivity (Wildman–Crippen MR) is 137 cm³/mol. The first kappa shape index (κ1) is 19.1. The van der Waals surface area contributed by atoms with Crippen LogP contribution in [0.3, 0.4) is 0 Å². The van der Waals surface area contributed by atoms with Gasteiger partial charge >= 0.3 is 0 Å². The third kappa shape index (κ3) is 2.76. The maximum Gasteiger partial charge on any atom is 0.0159 e. The highest BCUT2D eigenvalue weighted by atomic mass is 14.4. The van der Waals surface area contributed by atoms with Crippen LogP contribution in [-0.2, 0) is 5.41 Å². The average Bonchev–Trinajstić information content (AvgIpc) is 3.06. The van der Waals surface area contributed by atoms with Crippen LogP contribution in [0, 0.1) is 6.92 Å². The molecule has 0 amide bonds. The molecule has 0 bridgehead atoms. The van der Waals surface area contributed by atoms with Gasteiger partial charge < -0.3 is 0 Å². The molecular weight excluding hydrogens is 384 g/mol. The molecule has 32 heavy (non-hydrogen) atoms. The van der Waals surface area contributed by atoms with Crippen LogP contribution in [0.25, 0.3) is 44.2 Å². The fraction of sp³-hybridized carbons (Fsp3) is 0.125. The minimum absolute atomic E-state index is 0.0304. The third-order valence-corrected chi connectivity index (χ3v) is 7.25. The molecule has 0 spiro atoms. The van der Waals surface area contributed by atoms with E-state index in [0.717, 1.165) is 0 Å². The van der Waals surface area contributed by atoms with Crippen LogP contribution < -0.4 is 0 Å². The fourth-order valence-corrected chi connectivity index (χ4v) is 5.43. The Hall–Kier alpha value is -3.64. The van der Waals surface area contributed by atoms with E-state index in [0.29, 0.717) is 0 Å². The van der Waals surface area contributed by atoms with Crippen LogP contribution in [0.2, 0.25) is 0 Å². The van der Waals surface area contributed by atoms with Crippen LogP contribution >= 0.6 is 0 Å². The molecule has 0 fully saturated rings. The second-order valence-electron chi connectivity index (χ2n) is 9.48. The van der Waals surface area contributed by atoms with E-state index >= 15 is 0 Å². The van der Waals surface area contributed by atoms with Crippen LogP contribution in [0.15, 0.2) is 103 Å². The van der Waals surface area contributed by atoms with Crippen molar-refractivity contribution in [3.63, 3.8) is 0 Å². The number of hydrogen-bond donors (Lipinski definition) is 0. The molecule has 0 atom stereocenters. The summed E-state index contributed by atoms with van der Waals surface area (Å²) >= 11 is 0. The summed E-state index contributed by atoms with van der Waals surface area (Å²) in [6.45, 7) is 6.86. The summed E-state index contributed by atoms with van der Waals surface area (Å²) in [4.78, 5) is 0. The molecular formula is C32H26. The molecule has 0 unspecified atom stereocenters. The van der Waals surface area contributed by atoms with E-state index in [1.54, 1.807) is 0 Å². The van der Waals surface area contributed by atoms with Gasteiger partial charge in [0.2, 0.25) is 0 Å². The van der Waals surface area contributed by atoms with Gasteiger partial charge in [0.25, 0.3) is 0 Å². The summed E-state index contributed by atoms with van der Waals surface area (Å²) in [5, 5.41) is 2.65. The largest absolute Gasteiger partial charge is 0.0619 e. The van der Waals surface area contributed by atoms with Gasteiger partial charge in [0.15, 0.2) is 0 Å². The van der Waals surface area contributed by atoms with Gasteiger partial charge in [0.05, 0.1) is 0 Å². The lowest BCUT2D eigenvalue weighted by Crippen LogP contribution is -2.14. The van der Waals surface area contributed by atoms with Crippen molar-refractivity contribution in [2.24, 2.45) is 0 Å². The Morgan fingerprint density at radius 2 is 1.06 bits per heavy atom. The first-order valence-corrected chi connectivity index (χ1v) is 11.4. The maximum absolute atomic E-state index is 2.39. The molecule has 0 heteroatoms. The molecule has 1 aliphatic rings. The van der Waals surface area contributed by atoms with Crippen LogP contribution in [0.4, 0.5) is 0 Å². The minimum Gasteiger partial charge on any atom is -0.0619 e. The number of hydrogen-bond acceptors (Lipinski definition) is 0. The van der Waals surface area contributed by atoms with E-state index in [9.17, 15) is 0 Å². The Labute approximate surface area is 190 Å². The number of rotatable bonds is 2. The zero-order valence-electron chi connectivity index (χ0n) is 18.8. The number of benzene rings is 5. The van der Waals surface area contributed by atoms with Gasteiger partial charge in [-0.2, -0.15) is 0 Å². The van der Waals surface area contributed by atoms with Crippen LogP contribution in [0.1, 0.15) is 30.5 Å². The molecule has 1 aliphatic carbocycles. The van der Waals surface area contributed by atoms with Crippen molar-refractivity contribution in [2.75, 3.05) is 0 Å². The monoisotopic (exact) mass is 410 g/mol. The van der Waals surface area contributed by atoms with E-state index in [2.05, 4.69) is 124 Å². The normalized spacial score (nSPS) is 13.7. The number of fused-ring (bicyclic) bond motifs is 4. The second kappa shape index (κ2) is 6.93. The highest BCUT2D eigenvalue weighted by Crippen LogP contribution is 2.49. The predicted octanol–water partition coefficient (Wildman–Crippen LogP) is 8.79. The Morgan fingerprint density at radius 1 is 0.469 bits per heavy atom. The molecule has 0 radical (unpaired) electrons. The van der Waals surface area contributed by atoms with Gasteiger partial charge in [0.1, 0.15) is 0 Å². The van der Waals surface area contributed by atoms with Crippen LogP contribution in [-0.4, -0.2) is 0 Å². The molecule has 154 valence electrons. The van der Waals surface area contributed by atoms with Crippen molar-refractivity contribution in [2.45, 2.75) is 26.2 Å². The molecule has 0 saturated heterocycles. The molecule has 0 N–H and O–H groups in total. The fourth-order valence-electron chi connectivity index (χ4n) is 5.43. The minimum atomic E-state index is 0.0304. The topological polar surface area (TPSA) is 0 Å². The van der Waals surface area contributed by atoms with Gasteiger partial charge in [0, 0.05) is 5.41 Å². The Kier molecular flexibility index (Phi) is 4.13. The lowest BCUT2D eigenvalue weighted by molar-refractivity contribution is 0.660.